The zero-order valence-corrected chi connectivity index (χ0v) is 48.3. The Morgan fingerprint density at radius 3 is 1.29 bits per heavy atom. The van der Waals surface area contributed by atoms with E-state index >= 15 is 0 Å². The Balaban J connectivity index is 0.855. The fourth-order valence-corrected chi connectivity index (χ4v) is 12.9. The summed E-state index contributed by atoms with van der Waals surface area (Å²) in [7, 11) is 0. The third-order valence-corrected chi connectivity index (χ3v) is 17.3. The van der Waals surface area contributed by atoms with Gasteiger partial charge in [-0.05, 0) is 103 Å². The molecule has 1 aliphatic rings. The van der Waals surface area contributed by atoms with E-state index < -0.39 is 0 Å². The van der Waals surface area contributed by atoms with Crippen LogP contribution in [0.25, 0.3) is 123 Å². The lowest BCUT2D eigenvalue weighted by Gasteiger charge is -2.33. The molecule has 0 N–H and O–H groups in total. The van der Waals surface area contributed by atoms with Gasteiger partial charge in [-0.15, -0.1) is 0 Å². The number of hydrogen-bond donors (Lipinski definition) is 0. The van der Waals surface area contributed by atoms with E-state index in [0.717, 1.165) is 107 Å². The van der Waals surface area contributed by atoms with Crippen LogP contribution in [0.5, 0.6) is 0 Å². The molecule has 0 fully saturated rings. The van der Waals surface area contributed by atoms with Crippen LogP contribution in [0, 0.1) is 13.8 Å². The predicted octanol–water partition coefficient (Wildman–Crippen LogP) is 19.8. The van der Waals surface area contributed by atoms with Gasteiger partial charge in [-0.3, -0.25) is 9.97 Å². The molecule has 6 aromatic heterocycles. The zero-order valence-electron chi connectivity index (χ0n) is 48.3. The van der Waals surface area contributed by atoms with Crippen LogP contribution in [0.4, 0.5) is 0 Å². The summed E-state index contributed by atoms with van der Waals surface area (Å²) in [4.78, 5) is 40.6. The van der Waals surface area contributed by atoms with Crippen molar-refractivity contribution in [1.82, 2.24) is 39.9 Å². The highest BCUT2D eigenvalue weighted by molar-refractivity contribution is 6.04. The van der Waals surface area contributed by atoms with Crippen molar-refractivity contribution in [1.29, 1.82) is 0 Å². The maximum absolute atomic E-state index is 5.47. The zero-order chi connectivity index (χ0) is 56.3. The molecule has 410 valence electrons. The normalized spacial score (nSPS) is 12.6. The highest BCUT2D eigenvalue weighted by atomic mass is 14.9. The predicted molar refractivity (Wildman–Crippen MR) is 343 cm³/mol. The molecule has 12 aromatic rings. The third kappa shape index (κ3) is 10.8. The van der Waals surface area contributed by atoms with Crippen molar-refractivity contribution in [2.75, 3.05) is 0 Å². The number of rotatable bonds is 20. The highest BCUT2D eigenvalue weighted by Gasteiger charge is 2.42. The Hall–Kier alpha value is -8.88. The molecular weight excluding hydrogens is 1010 g/mol. The molecule has 0 atom stereocenters. The number of aromatic nitrogens is 8. The molecule has 1 aliphatic carbocycles. The summed E-state index contributed by atoms with van der Waals surface area (Å²) in [5, 5.41) is 4.16. The van der Waals surface area contributed by atoms with Crippen LogP contribution in [0.2, 0.25) is 0 Å². The lowest BCUT2D eigenvalue weighted by atomic mass is 9.70. The molecule has 13 rings (SSSR count). The van der Waals surface area contributed by atoms with E-state index in [1.807, 2.05) is 43.6 Å². The third-order valence-electron chi connectivity index (χ3n) is 17.3. The number of unbranched alkanes of at least 4 members (excludes halogenated alkanes) is 10. The van der Waals surface area contributed by atoms with E-state index in [1.54, 1.807) is 0 Å². The van der Waals surface area contributed by atoms with Crippen molar-refractivity contribution >= 4 is 43.6 Å². The van der Waals surface area contributed by atoms with E-state index in [2.05, 4.69) is 171 Å². The van der Waals surface area contributed by atoms with Crippen molar-refractivity contribution in [2.24, 2.45) is 0 Å². The van der Waals surface area contributed by atoms with Crippen LogP contribution < -0.4 is 0 Å². The molecule has 0 bridgehead atoms. The van der Waals surface area contributed by atoms with Crippen LogP contribution in [0.15, 0.2) is 182 Å². The van der Waals surface area contributed by atoms with E-state index in [9.17, 15) is 0 Å². The first-order chi connectivity index (χ1) is 40.8. The number of nitrogens with zero attached hydrogens (tertiary/aromatic N) is 8. The van der Waals surface area contributed by atoms with E-state index in [4.69, 9.17) is 34.9 Å². The van der Waals surface area contributed by atoms with E-state index in [1.165, 1.54) is 105 Å². The van der Waals surface area contributed by atoms with Crippen LogP contribution in [0.3, 0.4) is 0 Å². The fourth-order valence-electron chi connectivity index (χ4n) is 12.9. The van der Waals surface area contributed by atoms with Gasteiger partial charge in [0.25, 0.3) is 0 Å². The summed E-state index contributed by atoms with van der Waals surface area (Å²) in [6.07, 6.45) is 21.3. The second-order valence-corrected chi connectivity index (χ2v) is 23.1. The summed E-state index contributed by atoms with van der Waals surface area (Å²) in [5.74, 6) is 1.17. The topological polar surface area (TPSA) is 103 Å². The molecule has 0 saturated carbocycles. The van der Waals surface area contributed by atoms with Crippen molar-refractivity contribution in [3.05, 3.63) is 205 Å². The second kappa shape index (κ2) is 23.5. The average molecular weight is 1080 g/mol. The first kappa shape index (κ1) is 53.4. The summed E-state index contributed by atoms with van der Waals surface area (Å²) >= 11 is 0. The Kier molecular flexibility index (Phi) is 15.2. The van der Waals surface area contributed by atoms with Crippen LogP contribution >= 0.6 is 0 Å². The van der Waals surface area contributed by atoms with Crippen LogP contribution in [-0.2, 0) is 5.41 Å². The Morgan fingerprint density at radius 2 is 0.747 bits per heavy atom. The lowest BCUT2D eigenvalue weighted by Crippen LogP contribution is -2.25. The Morgan fingerprint density at radius 1 is 0.325 bits per heavy atom. The van der Waals surface area contributed by atoms with Crippen molar-refractivity contribution in [2.45, 2.75) is 123 Å². The van der Waals surface area contributed by atoms with Crippen LogP contribution in [0.1, 0.15) is 126 Å². The van der Waals surface area contributed by atoms with Gasteiger partial charge in [-0.1, -0.05) is 224 Å². The minimum absolute atomic E-state index is 0.0664. The lowest BCUT2D eigenvalue weighted by molar-refractivity contribution is 0.398. The minimum Gasteiger partial charge on any atom is -0.254 e. The van der Waals surface area contributed by atoms with Gasteiger partial charge in [0.05, 0.1) is 39.1 Å². The molecule has 0 saturated heterocycles. The molecule has 6 heterocycles. The largest absolute Gasteiger partial charge is 0.254 e. The van der Waals surface area contributed by atoms with Gasteiger partial charge in [0, 0.05) is 61.7 Å². The van der Waals surface area contributed by atoms with Crippen molar-refractivity contribution in [3.63, 3.8) is 0 Å². The summed E-state index contributed by atoms with van der Waals surface area (Å²) in [6, 6.07) is 60.8. The van der Waals surface area contributed by atoms with Crippen molar-refractivity contribution in [3.8, 4) is 79.1 Å². The van der Waals surface area contributed by atoms with Crippen LogP contribution in [-0.4, -0.2) is 39.9 Å². The number of aryl methyl sites for hydroxylation is 2. The maximum atomic E-state index is 5.47. The maximum Gasteiger partial charge on any atom is 0.179 e. The Bertz CT molecular complexity index is 4320. The first-order valence-corrected chi connectivity index (χ1v) is 30.3. The molecule has 8 heteroatoms. The van der Waals surface area contributed by atoms with E-state index in [0.29, 0.717) is 23.0 Å². The Labute approximate surface area is 487 Å². The molecule has 0 aliphatic heterocycles. The first-order valence-electron chi connectivity index (χ1n) is 30.3. The molecule has 8 nitrogen and oxygen atoms in total. The van der Waals surface area contributed by atoms with E-state index in [-0.39, 0.29) is 5.41 Å². The summed E-state index contributed by atoms with van der Waals surface area (Å²) in [6.45, 7) is 8.89. The highest BCUT2D eigenvalue weighted by Crippen LogP contribution is 2.55. The van der Waals surface area contributed by atoms with Crippen molar-refractivity contribution < 1.29 is 0 Å². The van der Waals surface area contributed by atoms with Gasteiger partial charge in [-0.25, -0.2) is 29.9 Å². The fraction of sp³-hybridized carbons (Fsp3) is 0.253. The van der Waals surface area contributed by atoms with Gasteiger partial charge in [0.15, 0.2) is 11.6 Å². The molecule has 0 unspecified atom stereocenters. The number of benzene rings is 6. The number of pyridine rings is 4. The smallest absolute Gasteiger partial charge is 0.179 e. The van der Waals surface area contributed by atoms with Gasteiger partial charge in [0.1, 0.15) is 11.4 Å². The quantitative estimate of drug-likeness (QED) is 0.0549. The van der Waals surface area contributed by atoms with Gasteiger partial charge in [-0.2, -0.15) is 0 Å². The minimum atomic E-state index is -0.0664. The van der Waals surface area contributed by atoms with Gasteiger partial charge < -0.3 is 0 Å². The SMILES string of the molecule is CCCCCCCCC1(CCCCCCCC)c2cc(C)ccc2-c2ccc(-c3cc(-c4ccc(-c5ccc(-c6cc(C)nc(-c7ccc8ccc9cccnc9c8n7)n6)cc5)cc4)nc(-c4ccc5ccc6cccnc6c5n4)n3)cc21. The summed E-state index contributed by atoms with van der Waals surface area (Å²) < 4.78 is 0. The summed E-state index contributed by atoms with van der Waals surface area (Å²) in [5.41, 5.74) is 20.6. The monoisotopic (exact) mass is 1080 g/mol. The molecule has 83 heavy (non-hydrogen) atoms. The molecule has 6 aromatic carbocycles. The average Bonchev–Trinajstić information content (AvgIpc) is 2.28. The standard InChI is InChI=1S/C75H70N8/c1-5-7-9-11-13-15-41-75(42-16-14-12-10-8-6-2)62-45-49(3)21-37-60(62)61-38-34-59(47-63(61)75)68-48-67(82-74(83-68)65-40-36-58-33-31-56-20-18-44-77-70(56)72(58)80-65)54-28-24-52(25-29-54)51-22-26-53(27-23-51)66-46-50(4)78-73(81-66)64-39-35-57-32-30-55-19-17-43-76-69(55)71(57)79-64/h17-40,43-48H,5-16,41-42H2,1-4H3. The molecule has 0 radical (unpaired) electrons. The molecular formula is C75H70N8. The number of fused-ring (bicyclic) bond motifs is 9. The number of hydrogen-bond acceptors (Lipinski definition) is 8. The second-order valence-electron chi connectivity index (χ2n) is 23.1. The molecule has 0 amide bonds. The van der Waals surface area contributed by atoms with Gasteiger partial charge >= 0.3 is 0 Å². The molecule has 0 spiro atoms. The van der Waals surface area contributed by atoms with Gasteiger partial charge in [0.2, 0.25) is 0 Å².